The minimum atomic E-state index is 0.387. The second-order valence-electron chi connectivity index (χ2n) is 6.60. The number of ether oxygens (including phenoxy) is 1. The van der Waals surface area contributed by atoms with Crippen LogP contribution in [0.25, 0.3) is 11.0 Å². The van der Waals surface area contributed by atoms with Gasteiger partial charge in [0.15, 0.2) is 0 Å². The van der Waals surface area contributed by atoms with Crippen molar-refractivity contribution in [3.05, 3.63) is 41.9 Å². The molecule has 8 nitrogen and oxygen atoms in total. The van der Waals surface area contributed by atoms with Crippen LogP contribution < -0.4 is 5.32 Å². The molecule has 8 heteroatoms. The van der Waals surface area contributed by atoms with Gasteiger partial charge in [-0.05, 0) is 35.4 Å². The molecule has 4 rings (SSSR count). The summed E-state index contributed by atoms with van der Waals surface area (Å²) in [5.74, 6) is 1.25. The Bertz CT molecular complexity index is 862. The van der Waals surface area contributed by atoms with E-state index in [9.17, 15) is 0 Å². The summed E-state index contributed by atoms with van der Waals surface area (Å²) in [7, 11) is 2.08. The Morgan fingerprint density at radius 3 is 3.12 bits per heavy atom. The van der Waals surface area contributed by atoms with Crippen LogP contribution in [0.5, 0.6) is 0 Å². The van der Waals surface area contributed by atoms with Gasteiger partial charge in [-0.15, -0.1) is 0 Å². The minimum Gasteiger partial charge on any atom is -0.381 e. The molecule has 1 saturated heterocycles. The average molecular weight is 354 g/mol. The Balaban J connectivity index is 1.30. The molecule has 1 aromatic carbocycles. The number of anilines is 1. The van der Waals surface area contributed by atoms with Crippen molar-refractivity contribution in [2.24, 2.45) is 0 Å². The highest BCUT2D eigenvalue weighted by atomic mass is 16.6. The van der Waals surface area contributed by atoms with Crippen LogP contribution in [0, 0.1) is 0 Å². The van der Waals surface area contributed by atoms with Crippen LogP contribution in [0.3, 0.4) is 0 Å². The zero-order chi connectivity index (χ0) is 17.8. The van der Waals surface area contributed by atoms with Crippen molar-refractivity contribution >= 4 is 16.9 Å². The van der Waals surface area contributed by atoms with E-state index in [0.29, 0.717) is 5.92 Å². The number of hydrogen-bond acceptors (Lipinski definition) is 8. The Labute approximate surface area is 151 Å². The van der Waals surface area contributed by atoms with Gasteiger partial charge in [0, 0.05) is 38.2 Å². The van der Waals surface area contributed by atoms with E-state index < -0.39 is 0 Å². The second-order valence-corrected chi connectivity index (χ2v) is 6.60. The number of hydrogen-bond donors (Lipinski definition) is 1. The molecule has 0 bridgehead atoms. The molecule has 136 valence electrons. The average Bonchev–Trinajstić information content (AvgIpc) is 3.34. The fourth-order valence-corrected chi connectivity index (χ4v) is 3.19. The van der Waals surface area contributed by atoms with Gasteiger partial charge in [0.2, 0.25) is 0 Å². The van der Waals surface area contributed by atoms with Gasteiger partial charge < -0.3 is 15.0 Å². The predicted octanol–water partition coefficient (Wildman–Crippen LogP) is 2.06. The van der Waals surface area contributed by atoms with E-state index in [1.165, 1.54) is 0 Å². The molecule has 1 unspecified atom stereocenters. The molecule has 1 aliphatic rings. The second kappa shape index (κ2) is 7.76. The minimum absolute atomic E-state index is 0.387. The third kappa shape index (κ3) is 3.81. The predicted molar refractivity (Wildman–Crippen MR) is 96.8 cm³/mol. The molecule has 1 aliphatic heterocycles. The number of nitrogens with zero attached hydrogens (tertiary/aromatic N) is 5. The molecule has 1 atom stereocenters. The van der Waals surface area contributed by atoms with Crippen LogP contribution in [-0.2, 0) is 11.3 Å². The summed E-state index contributed by atoms with van der Waals surface area (Å²) in [6.07, 6.45) is 2.65. The van der Waals surface area contributed by atoms with Gasteiger partial charge in [-0.2, -0.15) is 0 Å². The van der Waals surface area contributed by atoms with Gasteiger partial charge in [-0.25, -0.2) is 14.6 Å². The highest BCUT2D eigenvalue weighted by Gasteiger charge is 2.19. The fraction of sp³-hybridized carbons (Fsp3) is 0.444. The molecular formula is C18H22N6O2. The lowest BCUT2D eigenvalue weighted by atomic mass is 10.1. The van der Waals surface area contributed by atoms with Crippen LogP contribution in [0.4, 0.5) is 5.82 Å². The van der Waals surface area contributed by atoms with Crippen molar-refractivity contribution in [1.82, 2.24) is 25.2 Å². The Morgan fingerprint density at radius 1 is 1.27 bits per heavy atom. The lowest BCUT2D eigenvalue weighted by Crippen LogP contribution is -2.25. The number of likely N-dealkylation sites (N-methyl/N-ethyl adjacent to an activating group) is 1. The van der Waals surface area contributed by atoms with E-state index in [2.05, 4.69) is 43.6 Å². The zero-order valence-corrected chi connectivity index (χ0v) is 14.8. The lowest BCUT2D eigenvalue weighted by molar-refractivity contribution is 0.193. The molecule has 2 aromatic heterocycles. The Kier molecular flexibility index (Phi) is 5.03. The Hall–Kier alpha value is -2.58. The topological polar surface area (TPSA) is 89.2 Å². The number of fused-ring (bicyclic) bond motifs is 1. The normalized spacial score (nSPS) is 17.2. The maximum atomic E-state index is 5.44. The first-order valence-corrected chi connectivity index (χ1v) is 8.82. The summed E-state index contributed by atoms with van der Waals surface area (Å²) in [4.78, 5) is 10.9. The van der Waals surface area contributed by atoms with E-state index in [0.717, 1.165) is 67.4 Å². The van der Waals surface area contributed by atoms with Gasteiger partial charge in [-0.1, -0.05) is 12.1 Å². The first-order chi connectivity index (χ1) is 12.8. The highest BCUT2D eigenvalue weighted by Crippen LogP contribution is 2.24. The standard InChI is InChI=1S/C18H22N6O2/c1-24(10-13-3-2-4-15-18(13)23-26-22-15)7-6-19-17-9-16(20-12-21-17)14-5-8-25-11-14/h2-4,9,12,14H,5-8,10-11H2,1H3,(H,19,20,21). The van der Waals surface area contributed by atoms with Crippen LogP contribution in [0.1, 0.15) is 23.6 Å². The van der Waals surface area contributed by atoms with Crippen molar-refractivity contribution in [1.29, 1.82) is 0 Å². The molecule has 3 aromatic rings. The summed E-state index contributed by atoms with van der Waals surface area (Å²) in [6.45, 7) is 4.01. The first kappa shape index (κ1) is 16.9. The van der Waals surface area contributed by atoms with Crippen molar-refractivity contribution in [2.45, 2.75) is 18.9 Å². The largest absolute Gasteiger partial charge is 0.381 e. The third-order valence-electron chi connectivity index (χ3n) is 4.65. The molecule has 0 radical (unpaired) electrons. The highest BCUT2D eigenvalue weighted by molar-refractivity contribution is 5.76. The first-order valence-electron chi connectivity index (χ1n) is 8.82. The van der Waals surface area contributed by atoms with Crippen molar-refractivity contribution in [2.75, 3.05) is 38.7 Å². The molecule has 3 heterocycles. The summed E-state index contributed by atoms with van der Waals surface area (Å²) in [6, 6.07) is 7.96. The molecule has 1 fully saturated rings. The van der Waals surface area contributed by atoms with Gasteiger partial charge >= 0.3 is 0 Å². The number of benzene rings is 1. The smallest absolute Gasteiger partial charge is 0.139 e. The summed E-state index contributed by atoms with van der Waals surface area (Å²) < 4.78 is 10.3. The molecule has 0 saturated carbocycles. The fourth-order valence-electron chi connectivity index (χ4n) is 3.19. The van der Waals surface area contributed by atoms with Crippen LogP contribution >= 0.6 is 0 Å². The third-order valence-corrected chi connectivity index (χ3v) is 4.65. The van der Waals surface area contributed by atoms with E-state index in [1.54, 1.807) is 6.33 Å². The molecule has 1 N–H and O–H groups in total. The van der Waals surface area contributed by atoms with Gasteiger partial charge in [0.1, 0.15) is 23.2 Å². The molecule has 0 amide bonds. The van der Waals surface area contributed by atoms with Gasteiger partial charge in [-0.3, -0.25) is 0 Å². The summed E-state index contributed by atoms with van der Waals surface area (Å²) in [5, 5.41) is 11.3. The van der Waals surface area contributed by atoms with E-state index in [1.807, 2.05) is 18.2 Å². The van der Waals surface area contributed by atoms with Gasteiger partial charge in [0.05, 0.1) is 12.3 Å². The lowest BCUT2D eigenvalue weighted by Gasteiger charge is -2.17. The molecule has 0 spiro atoms. The summed E-state index contributed by atoms with van der Waals surface area (Å²) >= 11 is 0. The van der Waals surface area contributed by atoms with Crippen molar-refractivity contribution in [3.8, 4) is 0 Å². The number of rotatable bonds is 7. The van der Waals surface area contributed by atoms with Gasteiger partial charge in [0.25, 0.3) is 0 Å². The maximum Gasteiger partial charge on any atom is 0.139 e. The van der Waals surface area contributed by atoms with Crippen LogP contribution in [0.2, 0.25) is 0 Å². The van der Waals surface area contributed by atoms with Crippen LogP contribution in [-0.4, -0.2) is 58.5 Å². The van der Waals surface area contributed by atoms with E-state index in [4.69, 9.17) is 9.37 Å². The number of aromatic nitrogens is 4. The van der Waals surface area contributed by atoms with Crippen molar-refractivity contribution in [3.63, 3.8) is 0 Å². The van der Waals surface area contributed by atoms with Crippen molar-refractivity contribution < 1.29 is 9.37 Å². The Morgan fingerprint density at radius 2 is 2.23 bits per heavy atom. The molecule has 26 heavy (non-hydrogen) atoms. The monoisotopic (exact) mass is 354 g/mol. The quantitative estimate of drug-likeness (QED) is 0.690. The SMILES string of the molecule is CN(CCNc1cc(C2CCOC2)ncn1)Cc1cccc2nonc12. The number of nitrogens with one attached hydrogen (secondary N) is 1. The van der Waals surface area contributed by atoms with Crippen LogP contribution in [0.15, 0.2) is 35.2 Å². The zero-order valence-electron chi connectivity index (χ0n) is 14.8. The molecule has 0 aliphatic carbocycles. The maximum absolute atomic E-state index is 5.44. The van der Waals surface area contributed by atoms with E-state index >= 15 is 0 Å². The summed E-state index contributed by atoms with van der Waals surface area (Å²) in [5.41, 5.74) is 3.78. The van der Waals surface area contributed by atoms with E-state index in [-0.39, 0.29) is 0 Å². The molecular weight excluding hydrogens is 332 g/mol.